The molecule has 0 saturated carbocycles. The normalized spacial score (nSPS) is 13.6. The molecule has 0 spiro atoms. The van der Waals surface area contributed by atoms with E-state index in [1.165, 1.54) is 6.07 Å². The summed E-state index contributed by atoms with van der Waals surface area (Å²) in [6.45, 7) is 0. The van der Waals surface area contributed by atoms with Crippen molar-refractivity contribution < 1.29 is 24.6 Å². The molecule has 2 heterocycles. The molecule has 2 aromatic heterocycles. The van der Waals surface area contributed by atoms with Gasteiger partial charge in [0, 0.05) is 36.1 Å². The average molecular weight is 475 g/mol. The molecule has 3 aromatic rings. The predicted molar refractivity (Wildman–Crippen MR) is 130 cm³/mol. The molecule has 0 fully saturated rings. The summed E-state index contributed by atoms with van der Waals surface area (Å²) >= 11 is 1.09. The third kappa shape index (κ3) is 5.11. The number of benzene rings is 1. The number of phenolic OH excluding ortho intramolecular Hbond substituents is 1. The van der Waals surface area contributed by atoms with Crippen LogP contribution in [-0.2, 0) is 23.1 Å². The first-order valence-electron chi connectivity index (χ1n) is 10.7. The number of hydrogen-bond donors (Lipinski definition) is 3. The molecule has 34 heavy (non-hydrogen) atoms. The van der Waals surface area contributed by atoms with E-state index in [0.717, 1.165) is 35.3 Å². The van der Waals surface area contributed by atoms with E-state index in [1.54, 1.807) is 37.5 Å². The zero-order chi connectivity index (χ0) is 24.2. The topological polar surface area (TPSA) is 109 Å². The molecule has 1 atom stereocenters. The number of nitrogens with zero attached hydrogens (tertiary/aromatic N) is 1. The molecule has 0 saturated heterocycles. The molecule has 0 radical (unpaired) electrons. The highest BCUT2D eigenvalue weighted by atomic mass is 32.1. The average Bonchev–Trinajstić information content (AvgIpc) is 3.41. The smallest absolute Gasteiger partial charge is 0.326 e. The lowest BCUT2D eigenvalue weighted by molar-refractivity contribution is -0.141. The Hall–Kier alpha value is -4.09. The minimum absolute atomic E-state index is 0.0427. The van der Waals surface area contributed by atoms with Crippen LogP contribution in [0, 0.1) is 11.8 Å². The molecule has 172 valence electrons. The Morgan fingerprint density at radius 2 is 2.00 bits per heavy atom. The van der Waals surface area contributed by atoms with Gasteiger partial charge in [-0.05, 0) is 48.7 Å². The summed E-state index contributed by atoms with van der Waals surface area (Å²) in [5, 5.41) is 22.5. The highest BCUT2D eigenvalue weighted by molar-refractivity contribution is 7.15. The fourth-order valence-electron chi connectivity index (χ4n) is 3.75. The number of carboxylic acid groups (broad SMARTS) is 1. The number of allylic oxidation sites excluding steroid dienone is 4. The van der Waals surface area contributed by atoms with E-state index in [9.17, 15) is 24.6 Å². The number of aryl methyl sites for hydroxylation is 1. The van der Waals surface area contributed by atoms with Gasteiger partial charge in [0.1, 0.15) is 11.8 Å². The number of carbonyl (C=O) groups is 3. The van der Waals surface area contributed by atoms with Crippen molar-refractivity contribution in [2.45, 2.75) is 25.3 Å². The maximum atomic E-state index is 12.6. The second-order valence-electron chi connectivity index (χ2n) is 7.92. The van der Waals surface area contributed by atoms with Gasteiger partial charge in [-0.2, -0.15) is 0 Å². The lowest BCUT2D eigenvalue weighted by atomic mass is 10.0. The van der Waals surface area contributed by atoms with Gasteiger partial charge in [0.05, 0.1) is 9.75 Å². The lowest BCUT2D eigenvalue weighted by Crippen LogP contribution is -2.45. The Labute approximate surface area is 200 Å². The predicted octanol–water partition coefficient (Wildman–Crippen LogP) is 3.57. The van der Waals surface area contributed by atoms with Crippen LogP contribution in [0.5, 0.6) is 5.75 Å². The Morgan fingerprint density at radius 3 is 2.74 bits per heavy atom. The molecular formula is C26H22N2O5S. The molecule has 1 aliphatic carbocycles. The van der Waals surface area contributed by atoms with Gasteiger partial charge in [-0.1, -0.05) is 30.1 Å². The monoisotopic (exact) mass is 474 g/mol. The number of aliphatic carboxylic acids is 1. The van der Waals surface area contributed by atoms with Crippen LogP contribution >= 0.6 is 11.3 Å². The van der Waals surface area contributed by atoms with E-state index in [0.29, 0.717) is 15.8 Å². The minimum atomic E-state index is -1.31. The van der Waals surface area contributed by atoms with Gasteiger partial charge in [-0.25, -0.2) is 4.79 Å². The molecule has 1 unspecified atom stereocenters. The first-order chi connectivity index (χ1) is 16.3. The standard InChI is InChI=1S/C26H22N2O5S/c1-28-15-17(20-14-18(29)8-11-22(20)28)13-21(26(32)33)27-25(31)24(30)23-12-10-19(34-23)9-7-16-5-3-2-4-6-16/h3,5-6,8,10-12,14-15,21,29H,2,4,13H2,1H3,(H,27,31)(H,32,33). The number of carbonyl (C=O) groups excluding carboxylic acids is 2. The SMILES string of the molecule is Cn1cc(CC(NC(=O)C(=O)c2ccc(C#CC3=CCCC=C3)s2)C(=O)O)c2cc(O)ccc21. The van der Waals surface area contributed by atoms with Crippen LogP contribution in [0.15, 0.2) is 60.3 Å². The number of Topliss-reactive ketones (excluding diaryl/α,β-unsaturated/α-hetero) is 1. The maximum Gasteiger partial charge on any atom is 0.326 e. The second kappa shape index (κ2) is 9.81. The van der Waals surface area contributed by atoms with E-state index in [-0.39, 0.29) is 17.0 Å². The van der Waals surface area contributed by atoms with Crippen molar-refractivity contribution in [2.24, 2.45) is 7.05 Å². The quantitative estimate of drug-likeness (QED) is 0.288. The molecule has 1 aliphatic rings. The Kier molecular flexibility index (Phi) is 6.66. The number of aromatic nitrogens is 1. The summed E-state index contributed by atoms with van der Waals surface area (Å²) in [6.07, 6.45) is 9.69. The van der Waals surface area contributed by atoms with E-state index < -0.39 is 23.7 Å². The summed E-state index contributed by atoms with van der Waals surface area (Å²) in [5.74, 6) is 3.03. The number of carboxylic acids is 1. The third-order valence-electron chi connectivity index (χ3n) is 5.44. The molecule has 8 heteroatoms. The van der Waals surface area contributed by atoms with Crippen molar-refractivity contribution in [3.63, 3.8) is 0 Å². The van der Waals surface area contributed by atoms with Crippen LogP contribution in [-0.4, -0.2) is 38.5 Å². The maximum absolute atomic E-state index is 12.6. The number of phenols is 1. The van der Waals surface area contributed by atoms with Gasteiger partial charge < -0.3 is 20.1 Å². The van der Waals surface area contributed by atoms with Crippen molar-refractivity contribution in [1.29, 1.82) is 0 Å². The van der Waals surface area contributed by atoms with E-state index >= 15 is 0 Å². The Morgan fingerprint density at radius 1 is 1.18 bits per heavy atom. The van der Waals surface area contributed by atoms with Crippen LogP contribution in [0.25, 0.3) is 10.9 Å². The van der Waals surface area contributed by atoms with Crippen LogP contribution in [0.4, 0.5) is 0 Å². The van der Waals surface area contributed by atoms with Gasteiger partial charge in [-0.15, -0.1) is 11.3 Å². The van der Waals surface area contributed by atoms with E-state index in [1.807, 2.05) is 16.7 Å². The van der Waals surface area contributed by atoms with Gasteiger partial charge in [0.25, 0.3) is 11.7 Å². The molecule has 0 aliphatic heterocycles. The highest BCUT2D eigenvalue weighted by Crippen LogP contribution is 2.26. The fraction of sp³-hybridized carbons (Fsp3) is 0.192. The number of rotatable bonds is 6. The third-order valence-corrected chi connectivity index (χ3v) is 6.44. The van der Waals surface area contributed by atoms with Crippen molar-refractivity contribution in [3.8, 4) is 17.6 Å². The molecule has 7 nitrogen and oxygen atoms in total. The summed E-state index contributed by atoms with van der Waals surface area (Å²) in [4.78, 5) is 37.9. The number of aromatic hydroxyl groups is 1. The number of ketones is 1. The number of thiophene rings is 1. The molecule has 0 bridgehead atoms. The summed E-state index contributed by atoms with van der Waals surface area (Å²) < 4.78 is 1.81. The van der Waals surface area contributed by atoms with Crippen LogP contribution in [0.1, 0.15) is 33.0 Å². The van der Waals surface area contributed by atoms with Gasteiger partial charge in [0.15, 0.2) is 0 Å². The van der Waals surface area contributed by atoms with Gasteiger partial charge in [0.2, 0.25) is 0 Å². The number of hydrogen-bond acceptors (Lipinski definition) is 5. The zero-order valence-electron chi connectivity index (χ0n) is 18.4. The van der Waals surface area contributed by atoms with Crippen molar-refractivity contribution >= 4 is 39.9 Å². The van der Waals surface area contributed by atoms with E-state index in [2.05, 4.69) is 23.2 Å². The lowest BCUT2D eigenvalue weighted by Gasteiger charge is -2.13. The Bertz CT molecular complexity index is 1410. The summed E-state index contributed by atoms with van der Waals surface area (Å²) in [5.41, 5.74) is 2.36. The Balaban J connectivity index is 1.47. The summed E-state index contributed by atoms with van der Waals surface area (Å²) in [6, 6.07) is 6.69. The first kappa shape index (κ1) is 23.1. The fourth-order valence-corrected chi connectivity index (χ4v) is 4.54. The highest BCUT2D eigenvalue weighted by Gasteiger charge is 2.27. The van der Waals surface area contributed by atoms with Crippen LogP contribution in [0.3, 0.4) is 0 Å². The van der Waals surface area contributed by atoms with Crippen molar-refractivity contribution in [3.05, 3.63) is 75.6 Å². The van der Waals surface area contributed by atoms with Gasteiger partial charge in [-0.3, -0.25) is 9.59 Å². The van der Waals surface area contributed by atoms with E-state index in [4.69, 9.17) is 0 Å². The minimum Gasteiger partial charge on any atom is -0.508 e. The summed E-state index contributed by atoms with van der Waals surface area (Å²) in [7, 11) is 1.80. The molecule has 1 amide bonds. The molecule has 4 rings (SSSR count). The van der Waals surface area contributed by atoms with Crippen molar-refractivity contribution in [1.82, 2.24) is 9.88 Å². The van der Waals surface area contributed by atoms with Gasteiger partial charge >= 0.3 is 5.97 Å². The number of nitrogens with one attached hydrogen (secondary N) is 1. The number of fused-ring (bicyclic) bond motifs is 1. The van der Waals surface area contributed by atoms with Crippen molar-refractivity contribution in [2.75, 3.05) is 0 Å². The second-order valence-corrected chi connectivity index (χ2v) is 9.00. The number of amides is 1. The first-order valence-corrected chi connectivity index (χ1v) is 11.5. The molecular weight excluding hydrogens is 452 g/mol. The van der Waals surface area contributed by atoms with Crippen LogP contribution < -0.4 is 5.32 Å². The van der Waals surface area contributed by atoms with Crippen LogP contribution in [0.2, 0.25) is 0 Å². The molecule has 3 N–H and O–H groups in total. The zero-order valence-corrected chi connectivity index (χ0v) is 19.2. The molecule has 1 aromatic carbocycles. The largest absolute Gasteiger partial charge is 0.508 e.